The van der Waals surface area contributed by atoms with Crippen LogP contribution in [0.1, 0.15) is 44.9 Å². The summed E-state index contributed by atoms with van der Waals surface area (Å²) in [6.45, 7) is 2.65. The molecule has 34 heavy (non-hydrogen) atoms. The van der Waals surface area contributed by atoms with Crippen molar-refractivity contribution in [3.8, 4) is 5.00 Å². The molecule has 1 aliphatic heterocycles. The zero-order valence-corrected chi connectivity index (χ0v) is 21.1. The van der Waals surface area contributed by atoms with Crippen LogP contribution < -0.4 is 5.32 Å². The molecule has 1 aliphatic rings. The van der Waals surface area contributed by atoms with E-state index < -0.39 is 0 Å². The molecule has 10 heteroatoms. The van der Waals surface area contributed by atoms with Crippen LogP contribution in [0.15, 0.2) is 53.5 Å². The molecule has 0 bridgehead atoms. The summed E-state index contributed by atoms with van der Waals surface area (Å²) in [6.07, 6.45) is 0.883. The highest BCUT2D eigenvalue weighted by Crippen LogP contribution is 2.34. The smallest absolute Gasteiger partial charge is 0.251 e. The monoisotopic (exact) mass is 529 g/mol. The van der Waals surface area contributed by atoms with Gasteiger partial charge in [0, 0.05) is 26.6 Å². The van der Waals surface area contributed by atoms with Crippen molar-refractivity contribution in [2.24, 2.45) is 4.99 Å². The van der Waals surface area contributed by atoms with Crippen molar-refractivity contribution in [1.82, 2.24) is 20.1 Å². The van der Waals surface area contributed by atoms with Gasteiger partial charge in [-0.05, 0) is 36.8 Å². The number of carbonyl (C=O) groups is 1. The number of aryl methyl sites for hydroxylation is 1. The van der Waals surface area contributed by atoms with Crippen molar-refractivity contribution in [3.63, 3.8) is 0 Å². The Bertz CT molecular complexity index is 1440. The molecule has 0 saturated carbocycles. The lowest BCUT2D eigenvalue weighted by Gasteiger charge is -2.11. The van der Waals surface area contributed by atoms with Gasteiger partial charge in [0.2, 0.25) is 0 Å². The van der Waals surface area contributed by atoms with Crippen molar-refractivity contribution in [1.29, 1.82) is 0 Å². The van der Waals surface area contributed by atoms with E-state index in [2.05, 4.69) is 28.5 Å². The van der Waals surface area contributed by atoms with E-state index in [4.69, 9.17) is 39.8 Å². The summed E-state index contributed by atoms with van der Waals surface area (Å²) in [4.78, 5) is 18.8. The first kappa shape index (κ1) is 23.1. The van der Waals surface area contributed by atoms with Crippen LogP contribution in [0, 0.1) is 0 Å². The molecule has 6 nitrogen and oxygen atoms in total. The fourth-order valence-corrected chi connectivity index (χ4v) is 5.42. The largest absolute Gasteiger partial charge is 0.345 e. The highest BCUT2D eigenvalue weighted by molar-refractivity contribution is 7.15. The quantitative estimate of drug-likeness (QED) is 0.337. The Labute approximate surface area is 215 Å². The summed E-state index contributed by atoms with van der Waals surface area (Å²) in [5.41, 5.74) is 3.09. The van der Waals surface area contributed by atoms with Crippen LogP contribution in [0.25, 0.3) is 5.00 Å². The van der Waals surface area contributed by atoms with E-state index in [0.717, 1.165) is 28.3 Å². The number of nitrogens with zero attached hydrogens (tertiary/aromatic N) is 4. The number of halogens is 3. The summed E-state index contributed by atoms with van der Waals surface area (Å²) in [5, 5.41) is 13.9. The molecule has 0 radical (unpaired) electrons. The molecule has 2 aromatic heterocycles. The van der Waals surface area contributed by atoms with E-state index in [1.165, 1.54) is 10.9 Å². The lowest BCUT2D eigenvalue weighted by atomic mass is 10.0. The number of fused-ring (bicyclic) bond motifs is 3. The van der Waals surface area contributed by atoms with Gasteiger partial charge in [0.15, 0.2) is 11.6 Å². The Morgan fingerprint density at radius 1 is 1.03 bits per heavy atom. The first-order chi connectivity index (χ1) is 16.5. The van der Waals surface area contributed by atoms with Crippen LogP contribution in [0.5, 0.6) is 0 Å². The number of thiophene rings is 1. The van der Waals surface area contributed by atoms with E-state index >= 15 is 0 Å². The van der Waals surface area contributed by atoms with Crippen molar-refractivity contribution >= 4 is 57.8 Å². The van der Waals surface area contributed by atoms with Crippen molar-refractivity contribution in [2.45, 2.75) is 26.4 Å². The molecule has 0 saturated heterocycles. The molecule has 2 aromatic carbocycles. The first-order valence-corrected chi connectivity index (χ1v) is 12.5. The average molecular weight is 531 g/mol. The zero-order valence-electron chi connectivity index (χ0n) is 18.0. The van der Waals surface area contributed by atoms with E-state index in [9.17, 15) is 4.79 Å². The Balaban J connectivity index is 1.50. The Morgan fingerprint density at radius 3 is 2.62 bits per heavy atom. The van der Waals surface area contributed by atoms with Crippen LogP contribution in [0.2, 0.25) is 15.1 Å². The van der Waals surface area contributed by atoms with Crippen LogP contribution >= 0.6 is 46.1 Å². The molecule has 1 amide bonds. The number of carbonyl (C=O) groups excluding carboxylic acids is 1. The molecule has 0 spiro atoms. The Hall–Kier alpha value is -2.71. The second kappa shape index (κ2) is 9.50. The number of aliphatic imine (C=N–C) groups is 1. The third-order valence-corrected chi connectivity index (χ3v) is 7.80. The molecule has 0 atom stereocenters. The second-order valence-electron chi connectivity index (χ2n) is 7.61. The van der Waals surface area contributed by atoms with Gasteiger partial charge in [-0.15, -0.1) is 21.5 Å². The van der Waals surface area contributed by atoms with Crippen LogP contribution in [0.4, 0.5) is 0 Å². The Morgan fingerprint density at radius 2 is 1.85 bits per heavy atom. The van der Waals surface area contributed by atoms with E-state index in [1.807, 2.05) is 28.8 Å². The number of aromatic nitrogens is 3. The fraction of sp³-hybridized carbons (Fsp3) is 0.167. The molecular weight excluding hydrogens is 513 g/mol. The SMILES string of the molecule is CCc1cc2c(s1)-n1c(nnc1CNC(=O)c1ccc(Cl)c(Cl)c1)CN=C2c1ccccc1Cl. The van der Waals surface area contributed by atoms with Gasteiger partial charge in [0.1, 0.15) is 11.5 Å². The zero-order chi connectivity index (χ0) is 23.8. The number of benzene rings is 2. The summed E-state index contributed by atoms with van der Waals surface area (Å²) >= 11 is 20.2. The lowest BCUT2D eigenvalue weighted by Crippen LogP contribution is -2.24. The standard InChI is InChI=1S/C24H18Cl3N5OS/c1-2-14-10-16-22(15-5-3-4-6-17(15)25)28-11-20-30-31-21(32(20)24(16)34-14)12-29-23(33)13-7-8-18(26)19(27)9-13/h3-10H,2,11-12H2,1H3,(H,29,33). The fourth-order valence-electron chi connectivity index (χ4n) is 3.76. The molecule has 172 valence electrons. The number of nitrogens with one attached hydrogen (secondary N) is 1. The maximum atomic E-state index is 12.7. The van der Waals surface area contributed by atoms with Crippen molar-refractivity contribution < 1.29 is 4.79 Å². The number of rotatable bonds is 5. The average Bonchev–Trinajstić information content (AvgIpc) is 3.41. The van der Waals surface area contributed by atoms with Crippen molar-refractivity contribution in [2.75, 3.05) is 0 Å². The third kappa shape index (κ3) is 4.25. The van der Waals surface area contributed by atoms with Gasteiger partial charge >= 0.3 is 0 Å². The van der Waals surface area contributed by atoms with Crippen LogP contribution in [-0.4, -0.2) is 26.4 Å². The summed E-state index contributed by atoms with van der Waals surface area (Å²) < 4.78 is 1.99. The highest BCUT2D eigenvalue weighted by Gasteiger charge is 2.26. The minimum atomic E-state index is -0.279. The molecule has 4 aromatic rings. The maximum Gasteiger partial charge on any atom is 0.251 e. The normalized spacial score (nSPS) is 12.5. The van der Waals surface area contributed by atoms with E-state index in [-0.39, 0.29) is 12.5 Å². The van der Waals surface area contributed by atoms with E-state index in [1.54, 1.807) is 23.5 Å². The number of amides is 1. The van der Waals surface area contributed by atoms with Gasteiger partial charge in [-0.25, -0.2) is 0 Å². The minimum Gasteiger partial charge on any atom is -0.345 e. The molecule has 3 heterocycles. The Kier molecular flexibility index (Phi) is 6.44. The second-order valence-corrected chi connectivity index (χ2v) is 9.95. The van der Waals surface area contributed by atoms with Crippen LogP contribution in [-0.2, 0) is 19.5 Å². The predicted molar refractivity (Wildman–Crippen MR) is 137 cm³/mol. The number of hydrogen-bond donors (Lipinski definition) is 1. The summed E-state index contributed by atoms with van der Waals surface area (Å²) in [5.74, 6) is 1.04. The van der Waals surface area contributed by atoms with Gasteiger partial charge in [0.05, 0.1) is 22.3 Å². The molecule has 0 unspecified atom stereocenters. The predicted octanol–water partition coefficient (Wildman–Crippen LogP) is 6.13. The van der Waals surface area contributed by atoms with Gasteiger partial charge in [-0.3, -0.25) is 14.4 Å². The first-order valence-electron chi connectivity index (χ1n) is 10.6. The molecule has 0 aliphatic carbocycles. The number of hydrogen-bond acceptors (Lipinski definition) is 5. The molecule has 5 rings (SSSR count). The van der Waals surface area contributed by atoms with E-state index in [0.29, 0.717) is 38.8 Å². The van der Waals surface area contributed by atoms with Gasteiger partial charge in [-0.1, -0.05) is 59.9 Å². The third-order valence-electron chi connectivity index (χ3n) is 5.46. The maximum absolute atomic E-state index is 12.7. The summed E-state index contributed by atoms with van der Waals surface area (Å²) in [6, 6.07) is 14.6. The van der Waals surface area contributed by atoms with Gasteiger partial charge < -0.3 is 5.32 Å². The lowest BCUT2D eigenvalue weighted by molar-refractivity contribution is 0.0949. The molecular formula is C24H18Cl3N5OS. The molecule has 0 fully saturated rings. The highest BCUT2D eigenvalue weighted by atomic mass is 35.5. The van der Waals surface area contributed by atoms with Gasteiger partial charge in [0.25, 0.3) is 5.91 Å². The van der Waals surface area contributed by atoms with Crippen molar-refractivity contribution in [3.05, 3.63) is 96.8 Å². The molecule has 1 N–H and O–H groups in total. The summed E-state index contributed by atoms with van der Waals surface area (Å²) in [7, 11) is 0. The topological polar surface area (TPSA) is 72.2 Å². The minimum absolute atomic E-state index is 0.187. The van der Waals surface area contributed by atoms with Gasteiger partial charge in [-0.2, -0.15) is 0 Å². The van der Waals surface area contributed by atoms with Crippen LogP contribution in [0.3, 0.4) is 0 Å².